The summed E-state index contributed by atoms with van der Waals surface area (Å²) in [6, 6.07) is 7.78. The number of carbonyl (C=O) groups excluding carboxylic acids is 1. The molecular formula is C14H20N2O2S. The fourth-order valence-electron chi connectivity index (χ4n) is 1.80. The molecule has 0 aromatic heterocycles. The van der Waals surface area contributed by atoms with Gasteiger partial charge in [-0.1, -0.05) is 31.3 Å². The van der Waals surface area contributed by atoms with Crippen LogP contribution < -0.4 is 15.8 Å². The second kappa shape index (κ2) is 7.74. The lowest BCUT2D eigenvalue weighted by Gasteiger charge is -2.13. The molecule has 1 rings (SSSR count). The maximum Gasteiger partial charge on any atom is 0.229 e. The van der Waals surface area contributed by atoms with Gasteiger partial charge in [-0.2, -0.15) is 0 Å². The van der Waals surface area contributed by atoms with E-state index in [4.69, 9.17) is 22.7 Å². The lowest BCUT2D eigenvalue weighted by molar-refractivity contribution is -0.123. The summed E-state index contributed by atoms with van der Waals surface area (Å²) in [5.74, 6) is 0.344. The molecule has 0 saturated carbocycles. The van der Waals surface area contributed by atoms with Crippen LogP contribution >= 0.6 is 12.2 Å². The predicted octanol–water partition coefficient (Wildman–Crippen LogP) is 1.67. The van der Waals surface area contributed by atoms with Crippen molar-refractivity contribution in [2.45, 2.75) is 19.8 Å². The van der Waals surface area contributed by atoms with Crippen molar-refractivity contribution in [2.75, 3.05) is 13.7 Å². The number of nitrogens with two attached hydrogens (primary N) is 1. The van der Waals surface area contributed by atoms with E-state index in [0.717, 1.165) is 17.7 Å². The van der Waals surface area contributed by atoms with Gasteiger partial charge in [0, 0.05) is 6.54 Å². The summed E-state index contributed by atoms with van der Waals surface area (Å²) in [6.07, 6.45) is 1.37. The molecule has 1 aromatic carbocycles. The molecule has 19 heavy (non-hydrogen) atoms. The third-order valence-corrected chi connectivity index (χ3v) is 3.20. The van der Waals surface area contributed by atoms with Crippen LogP contribution in [-0.2, 0) is 11.2 Å². The van der Waals surface area contributed by atoms with Crippen LogP contribution in [0.15, 0.2) is 24.3 Å². The summed E-state index contributed by atoms with van der Waals surface area (Å²) in [7, 11) is 1.63. The Kier molecular flexibility index (Phi) is 6.29. The number of methoxy groups -OCH3 is 1. The van der Waals surface area contributed by atoms with E-state index in [1.54, 1.807) is 7.11 Å². The summed E-state index contributed by atoms with van der Waals surface area (Å²) in [4.78, 5) is 12.1. The molecule has 1 aromatic rings. The first-order chi connectivity index (χ1) is 9.08. The van der Waals surface area contributed by atoms with Crippen LogP contribution in [0.3, 0.4) is 0 Å². The Hall–Kier alpha value is -1.62. The van der Waals surface area contributed by atoms with E-state index in [9.17, 15) is 4.79 Å². The number of nitrogens with one attached hydrogen (secondary N) is 1. The molecule has 1 unspecified atom stereocenters. The number of amides is 1. The molecule has 0 aliphatic rings. The average Bonchev–Trinajstić information content (AvgIpc) is 2.39. The highest BCUT2D eigenvalue weighted by atomic mass is 32.1. The predicted molar refractivity (Wildman–Crippen MR) is 80.3 cm³/mol. The van der Waals surface area contributed by atoms with E-state index in [1.165, 1.54) is 0 Å². The summed E-state index contributed by atoms with van der Waals surface area (Å²) in [5, 5.41) is 2.85. The number of hydrogen-bond acceptors (Lipinski definition) is 3. The minimum Gasteiger partial charge on any atom is -0.497 e. The fraction of sp³-hybridized carbons (Fsp3) is 0.429. The van der Waals surface area contributed by atoms with E-state index in [2.05, 4.69) is 5.32 Å². The van der Waals surface area contributed by atoms with E-state index < -0.39 is 0 Å². The number of carbonyl (C=O) groups is 1. The van der Waals surface area contributed by atoms with Crippen LogP contribution in [-0.4, -0.2) is 24.6 Å². The monoisotopic (exact) mass is 280 g/mol. The Labute approximate surface area is 119 Å². The highest BCUT2D eigenvalue weighted by molar-refractivity contribution is 7.80. The minimum absolute atomic E-state index is 0.0992. The molecule has 0 aliphatic heterocycles. The van der Waals surface area contributed by atoms with E-state index in [0.29, 0.717) is 13.0 Å². The Morgan fingerprint density at radius 3 is 2.84 bits per heavy atom. The second-order valence-electron chi connectivity index (χ2n) is 4.26. The second-order valence-corrected chi connectivity index (χ2v) is 4.73. The van der Waals surface area contributed by atoms with Crippen molar-refractivity contribution >= 4 is 23.1 Å². The molecular weight excluding hydrogens is 260 g/mol. The van der Waals surface area contributed by atoms with Gasteiger partial charge in [-0.3, -0.25) is 4.79 Å². The third kappa shape index (κ3) is 4.87. The van der Waals surface area contributed by atoms with Gasteiger partial charge in [0.1, 0.15) is 5.75 Å². The van der Waals surface area contributed by atoms with Gasteiger partial charge in [0.2, 0.25) is 5.91 Å². The van der Waals surface area contributed by atoms with Crippen molar-refractivity contribution in [3.63, 3.8) is 0 Å². The Bertz CT molecular complexity index is 449. The van der Waals surface area contributed by atoms with Crippen LogP contribution in [0.5, 0.6) is 5.75 Å². The van der Waals surface area contributed by atoms with Crippen molar-refractivity contribution in [2.24, 2.45) is 11.7 Å². The lowest BCUT2D eigenvalue weighted by Crippen LogP contribution is -2.38. The zero-order chi connectivity index (χ0) is 14.3. The summed E-state index contributed by atoms with van der Waals surface area (Å²) >= 11 is 4.87. The molecule has 104 valence electrons. The molecule has 4 nitrogen and oxygen atoms in total. The lowest BCUT2D eigenvalue weighted by atomic mass is 10.1. The zero-order valence-corrected chi connectivity index (χ0v) is 12.1. The standard InChI is InChI=1S/C14H20N2O2S/c1-3-12(13(15)19)14(17)16-8-7-10-5-4-6-11(9-10)18-2/h4-6,9,12H,3,7-8H2,1-2H3,(H2,15,19)(H,16,17). The molecule has 0 aliphatic carbocycles. The minimum atomic E-state index is -0.375. The van der Waals surface area contributed by atoms with Gasteiger partial charge < -0.3 is 15.8 Å². The van der Waals surface area contributed by atoms with Crippen molar-refractivity contribution in [1.29, 1.82) is 0 Å². The molecule has 1 amide bonds. The number of ether oxygens (including phenoxy) is 1. The van der Waals surface area contributed by atoms with Gasteiger partial charge in [0.15, 0.2) is 0 Å². The van der Waals surface area contributed by atoms with Gasteiger partial charge in [0.25, 0.3) is 0 Å². The first kappa shape index (κ1) is 15.4. The van der Waals surface area contributed by atoms with Crippen molar-refractivity contribution in [3.05, 3.63) is 29.8 Å². The third-order valence-electron chi connectivity index (χ3n) is 2.92. The fourth-order valence-corrected chi connectivity index (χ4v) is 2.07. The highest BCUT2D eigenvalue weighted by Crippen LogP contribution is 2.12. The Morgan fingerprint density at radius 2 is 2.26 bits per heavy atom. The van der Waals surface area contributed by atoms with Crippen LogP contribution in [0, 0.1) is 5.92 Å². The quantitative estimate of drug-likeness (QED) is 0.746. The molecule has 0 saturated heterocycles. The SMILES string of the molecule is CCC(C(=O)NCCc1cccc(OC)c1)C(N)=S. The Morgan fingerprint density at radius 1 is 1.53 bits per heavy atom. The maximum absolute atomic E-state index is 11.8. The number of rotatable bonds is 7. The van der Waals surface area contributed by atoms with Crippen molar-refractivity contribution in [1.82, 2.24) is 5.32 Å². The van der Waals surface area contributed by atoms with Crippen LogP contribution in [0.2, 0.25) is 0 Å². The van der Waals surface area contributed by atoms with Crippen LogP contribution in [0.25, 0.3) is 0 Å². The molecule has 1 atom stereocenters. The molecule has 5 heteroatoms. The highest BCUT2D eigenvalue weighted by Gasteiger charge is 2.18. The molecule has 0 radical (unpaired) electrons. The number of thiocarbonyl (C=S) groups is 1. The normalized spacial score (nSPS) is 11.7. The Balaban J connectivity index is 2.45. The van der Waals surface area contributed by atoms with Gasteiger partial charge in [0.05, 0.1) is 18.0 Å². The molecule has 0 fully saturated rings. The van der Waals surface area contributed by atoms with Crippen molar-refractivity contribution in [3.8, 4) is 5.75 Å². The maximum atomic E-state index is 11.8. The molecule has 0 bridgehead atoms. The van der Waals surface area contributed by atoms with Gasteiger partial charge in [-0.15, -0.1) is 0 Å². The first-order valence-electron chi connectivity index (χ1n) is 6.28. The average molecular weight is 280 g/mol. The first-order valence-corrected chi connectivity index (χ1v) is 6.69. The molecule has 0 heterocycles. The number of hydrogen-bond donors (Lipinski definition) is 2. The summed E-state index contributed by atoms with van der Waals surface area (Å²) in [5.41, 5.74) is 6.64. The largest absolute Gasteiger partial charge is 0.497 e. The van der Waals surface area contributed by atoms with Gasteiger partial charge in [-0.25, -0.2) is 0 Å². The molecule has 3 N–H and O–H groups in total. The summed E-state index contributed by atoms with van der Waals surface area (Å²) in [6.45, 7) is 2.45. The van der Waals surface area contributed by atoms with Crippen LogP contribution in [0.4, 0.5) is 0 Å². The number of benzene rings is 1. The van der Waals surface area contributed by atoms with Gasteiger partial charge >= 0.3 is 0 Å². The van der Waals surface area contributed by atoms with E-state index in [1.807, 2.05) is 31.2 Å². The zero-order valence-electron chi connectivity index (χ0n) is 11.3. The van der Waals surface area contributed by atoms with E-state index >= 15 is 0 Å². The van der Waals surface area contributed by atoms with Crippen molar-refractivity contribution < 1.29 is 9.53 Å². The van der Waals surface area contributed by atoms with Crippen LogP contribution in [0.1, 0.15) is 18.9 Å². The van der Waals surface area contributed by atoms with E-state index in [-0.39, 0.29) is 16.8 Å². The summed E-state index contributed by atoms with van der Waals surface area (Å²) < 4.78 is 5.15. The van der Waals surface area contributed by atoms with Gasteiger partial charge in [-0.05, 0) is 30.5 Å². The smallest absolute Gasteiger partial charge is 0.229 e. The molecule has 0 spiro atoms. The topological polar surface area (TPSA) is 64.3 Å².